The van der Waals surface area contributed by atoms with Crippen LogP contribution in [0.1, 0.15) is 19.8 Å². The van der Waals surface area contributed by atoms with E-state index >= 15 is 0 Å². The molecule has 242 valence electrons. The molecule has 0 bridgehead atoms. The van der Waals surface area contributed by atoms with Gasteiger partial charge in [-0.15, -0.1) is 0 Å². The number of Topliss-reactive ketones (excluding diaryl/α,β-unsaturated/α-hetero) is 1. The lowest BCUT2D eigenvalue weighted by Gasteiger charge is -2.30. The number of ketones is 1. The van der Waals surface area contributed by atoms with Crippen LogP contribution in [0.4, 0.5) is 0 Å². The molecule has 0 saturated carbocycles. The predicted molar refractivity (Wildman–Crippen MR) is 177 cm³/mol. The highest BCUT2D eigenvalue weighted by atomic mass is 31.2. The van der Waals surface area contributed by atoms with Gasteiger partial charge in [0.25, 0.3) is 0 Å². The molecule has 0 radical (unpaired) electrons. The third kappa shape index (κ3) is 11.5. The van der Waals surface area contributed by atoms with Gasteiger partial charge in [0, 0.05) is 25.9 Å². The first-order chi connectivity index (χ1) is 22.1. The summed E-state index contributed by atoms with van der Waals surface area (Å²) in [5.41, 5.74) is 0. The molecule has 0 fully saturated rings. The lowest BCUT2D eigenvalue weighted by Crippen LogP contribution is -2.39. The average Bonchev–Trinajstić information content (AvgIpc) is 3.03. The van der Waals surface area contributed by atoms with Gasteiger partial charge in [0.15, 0.2) is 0 Å². The van der Waals surface area contributed by atoms with Crippen molar-refractivity contribution in [3.8, 4) is 23.0 Å². The molecule has 0 aliphatic carbocycles. The molecule has 0 unspecified atom stereocenters. The zero-order valence-electron chi connectivity index (χ0n) is 25.8. The van der Waals surface area contributed by atoms with E-state index in [9.17, 15) is 18.7 Å². The van der Waals surface area contributed by atoms with Crippen LogP contribution in [-0.4, -0.2) is 54.2 Å². The Hall–Kier alpha value is -4.36. The highest BCUT2D eigenvalue weighted by Crippen LogP contribution is 2.50. The van der Waals surface area contributed by atoms with Crippen molar-refractivity contribution in [2.75, 3.05) is 32.7 Å². The van der Waals surface area contributed by atoms with Gasteiger partial charge in [0.05, 0.1) is 0 Å². The Morgan fingerprint density at radius 2 is 0.891 bits per heavy atom. The smallest absolute Gasteiger partial charge is 0.415 e. The first kappa shape index (κ1) is 34.5. The van der Waals surface area contributed by atoms with Crippen molar-refractivity contribution >= 4 is 26.9 Å². The first-order valence-electron chi connectivity index (χ1n) is 14.7. The summed E-state index contributed by atoms with van der Waals surface area (Å²) in [5.74, 6) is 0.841. The molecule has 46 heavy (non-hydrogen) atoms. The van der Waals surface area contributed by atoms with Crippen LogP contribution < -0.4 is 18.1 Å². The van der Waals surface area contributed by atoms with Gasteiger partial charge in [0.2, 0.25) is 5.91 Å². The normalized spacial score (nSPS) is 11.5. The molecular formula is C34H38N2O8P2. The van der Waals surface area contributed by atoms with Crippen molar-refractivity contribution < 1.29 is 36.8 Å². The van der Waals surface area contributed by atoms with Gasteiger partial charge in [0.1, 0.15) is 41.4 Å². The van der Waals surface area contributed by atoms with E-state index in [0.29, 0.717) is 23.0 Å². The number of nitrogens with zero attached hydrogens (tertiary/aromatic N) is 2. The first-order valence-corrected chi connectivity index (χ1v) is 18.2. The number of hydrogen-bond donors (Lipinski definition) is 0. The van der Waals surface area contributed by atoms with Crippen molar-refractivity contribution in [3.05, 3.63) is 121 Å². The van der Waals surface area contributed by atoms with Gasteiger partial charge in [-0.25, -0.2) is 9.13 Å². The summed E-state index contributed by atoms with van der Waals surface area (Å²) in [6.45, 7) is 1.66. The van der Waals surface area contributed by atoms with Crippen LogP contribution in [-0.2, 0) is 18.7 Å². The third-order valence-electron chi connectivity index (χ3n) is 6.50. The number of carbonyl (C=O) groups is 2. The minimum atomic E-state index is -4.02. The minimum Gasteiger partial charge on any atom is -0.415 e. The fourth-order valence-electron chi connectivity index (χ4n) is 4.30. The zero-order chi connectivity index (χ0) is 32.8. The number of likely N-dealkylation sites (N-methyl/N-ethyl adjacent to an activating group) is 1. The second kappa shape index (κ2) is 16.8. The van der Waals surface area contributed by atoms with E-state index < -0.39 is 21.1 Å². The van der Waals surface area contributed by atoms with Gasteiger partial charge < -0.3 is 27.8 Å². The molecule has 0 aromatic heterocycles. The van der Waals surface area contributed by atoms with Crippen LogP contribution in [0.3, 0.4) is 0 Å². The Morgan fingerprint density at radius 3 is 1.24 bits per heavy atom. The molecule has 0 aliphatic rings. The number of benzene rings is 4. The largest absolute Gasteiger partial charge is 0.450 e. The third-order valence-corrected chi connectivity index (χ3v) is 9.98. The summed E-state index contributed by atoms with van der Waals surface area (Å²) in [4.78, 5) is 28.2. The van der Waals surface area contributed by atoms with E-state index in [1.165, 1.54) is 11.8 Å². The molecule has 4 aromatic carbocycles. The Bertz CT molecular complexity index is 1540. The van der Waals surface area contributed by atoms with Crippen molar-refractivity contribution in [2.45, 2.75) is 19.8 Å². The predicted octanol–water partition coefficient (Wildman–Crippen LogP) is 7.73. The minimum absolute atomic E-state index is 0.0274. The van der Waals surface area contributed by atoms with Gasteiger partial charge in [-0.1, -0.05) is 72.8 Å². The topological polar surface area (TPSA) is 112 Å². The lowest BCUT2D eigenvalue weighted by atomic mass is 10.2. The van der Waals surface area contributed by atoms with Crippen molar-refractivity contribution in [1.29, 1.82) is 0 Å². The van der Waals surface area contributed by atoms with E-state index in [1.807, 2.05) is 12.1 Å². The number of para-hydroxylation sites is 4. The highest BCUT2D eigenvalue weighted by Gasteiger charge is 2.35. The van der Waals surface area contributed by atoms with Gasteiger partial charge in [-0.05, 0) is 62.5 Å². The maximum Gasteiger partial charge on any atom is 0.450 e. The maximum atomic E-state index is 14.3. The number of carbonyl (C=O) groups excluding carboxylic acids is 2. The summed E-state index contributed by atoms with van der Waals surface area (Å²) in [6, 6.07) is 34.6. The van der Waals surface area contributed by atoms with E-state index in [1.54, 1.807) is 121 Å². The Balaban J connectivity index is 1.53. The van der Waals surface area contributed by atoms with Gasteiger partial charge >= 0.3 is 15.2 Å². The van der Waals surface area contributed by atoms with Crippen LogP contribution in [0.5, 0.6) is 23.0 Å². The summed E-state index contributed by atoms with van der Waals surface area (Å²) in [6.07, 6.45) is -0.562. The van der Waals surface area contributed by atoms with Crippen LogP contribution in [0.15, 0.2) is 121 Å². The molecule has 1 amide bonds. The molecule has 0 saturated heterocycles. The van der Waals surface area contributed by atoms with E-state index in [0.717, 1.165) is 0 Å². The SMILES string of the molecule is CC(=O)CCC(=O)N(CCN(C)CP(=O)(Oc1ccccc1)Oc1ccccc1)CP(=O)(Oc1ccccc1)Oc1ccccc1. The van der Waals surface area contributed by atoms with Crippen LogP contribution >= 0.6 is 15.2 Å². The van der Waals surface area contributed by atoms with E-state index in [2.05, 4.69) is 0 Å². The fourth-order valence-corrected chi connectivity index (χ4v) is 7.83. The van der Waals surface area contributed by atoms with E-state index in [4.69, 9.17) is 18.1 Å². The zero-order valence-corrected chi connectivity index (χ0v) is 27.6. The Morgan fingerprint density at radius 1 is 0.543 bits per heavy atom. The molecule has 0 atom stereocenters. The molecule has 10 nitrogen and oxygen atoms in total. The molecule has 0 N–H and O–H groups in total. The summed E-state index contributed by atoms with van der Waals surface area (Å²) in [5, 5.41) is 0. The molecule has 12 heteroatoms. The van der Waals surface area contributed by atoms with Crippen LogP contribution in [0.2, 0.25) is 0 Å². The molecule has 0 aliphatic heterocycles. The Kier molecular flexibility index (Phi) is 12.6. The second-order valence-corrected chi connectivity index (χ2v) is 14.3. The van der Waals surface area contributed by atoms with E-state index in [-0.39, 0.29) is 44.3 Å². The van der Waals surface area contributed by atoms with Crippen LogP contribution in [0.25, 0.3) is 0 Å². The number of hydrogen-bond acceptors (Lipinski definition) is 9. The fraction of sp³-hybridized carbons (Fsp3) is 0.235. The number of rotatable bonds is 18. The van der Waals surface area contributed by atoms with Crippen molar-refractivity contribution in [3.63, 3.8) is 0 Å². The maximum absolute atomic E-state index is 14.3. The standard InChI is InChI=1S/C34H38N2O8P2/c1-29(37)23-24-34(38)36(28-46(40,43-32-19-11-5-12-20-32)44-33-21-13-6-14-22-33)26-25-35(2)27-45(39,41-30-15-7-3-8-16-30)42-31-17-9-4-10-18-31/h3-22H,23-28H2,1-2H3. The second-order valence-electron chi connectivity index (χ2n) is 10.6. The quantitative estimate of drug-likeness (QED) is 0.0987. The molecular weight excluding hydrogens is 626 g/mol. The Labute approximate surface area is 269 Å². The molecule has 0 heterocycles. The average molecular weight is 665 g/mol. The van der Waals surface area contributed by atoms with Crippen molar-refractivity contribution in [2.24, 2.45) is 0 Å². The molecule has 4 rings (SSSR count). The summed E-state index contributed by atoms with van der Waals surface area (Å²) >= 11 is 0. The number of amides is 1. The highest BCUT2D eigenvalue weighted by molar-refractivity contribution is 7.54. The van der Waals surface area contributed by atoms with Gasteiger partial charge in [-0.2, -0.15) is 0 Å². The summed E-state index contributed by atoms with van der Waals surface area (Å²) in [7, 11) is -6.09. The molecule has 4 aromatic rings. The monoisotopic (exact) mass is 664 g/mol. The summed E-state index contributed by atoms with van der Waals surface area (Å²) < 4.78 is 52.0. The van der Waals surface area contributed by atoms with Gasteiger partial charge in [-0.3, -0.25) is 9.69 Å². The molecule has 0 spiro atoms. The lowest BCUT2D eigenvalue weighted by molar-refractivity contribution is -0.132. The van der Waals surface area contributed by atoms with Crippen molar-refractivity contribution in [1.82, 2.24) is 9.80 Å². The van der Waals surface area contributed by atoms with Crippen LogP contribution in [0, 0.1) is 0 Å².